The molecule has 1 aliphatic heterocycles. The molecule has 5 heteroatoms. The average Bonchev–Trinajstić information content (AvgIpc) is 2.33. The lowest BCUT2D eigenvalue weighted by Crippen LogP contribution is -2.40. The van der Waals surface area contributed by atoms with Crippen molar-refractivity contribution in [1.29, 1.82) is 0 Å². The highest BCUT2D eigenvalue weighted by Gasteiger charge is 2.26. The molecule has 4 nitrogen and oxygen atoms in total. The minimum Gasteiger partial charge on any atom is -0.396 e. The summed E-state index contributed by atoms with van der Waals surface area (Å²) in [6, 6.07) is 3.68. The third kappa shape index (κ3) is 3.07. The zero-order valence-electron chi connectivity index (χ0n) is 10.0. The quantitative estimate of drug-likeness (QED) is 0.897. The highest BCUT2D eigenvalue weighted by Crippen LogP contribution is 2.28. The van der Waals surface area contributed by atoms with E-state index in [0.717, 1.165) is 31.7 Å². The number of nitrogens with zero attached hydrogens (tertiary/aromatic N) is 3. The van der Waals surface area contributed by atoms with Crippen LogP contribution in [-0.4, -0.2) is 35.0 Å². The Morgan fingerprint density at radius 3 is 2.88 bits per heavy atom. The molecular formula is C12H18ClN3O. The van der Waals surface area contributed by atoms with Crippen molar-refractivity contribution >= 4 is 17.4 Å². The first-order valence-electron chi connectivity index (χ1n) is 6.05. The Kier molecular flexibility index (Phi) is 4.18. The number of aliphatic hydroxyl groups is 1. The van der Waals surface area contributed by atoms with Crippen molar-refractivity contribution in [1.82, 2.24) is 10.2 Å². The predicted molar refractivity (Wildman–Crippen MR) is 68.2 cm³/mol. The lowest BCUT2D eigenvalue weighted by atomic mass is 9.85. The summed E-state index contributed by atoms with van der Waals surface area (Å²) in [6.07, 6.45) is 2.01. The maximum absolute atomic E-state index is 9.00. The van der Waals surface area contributed by atoms with Crippen LogP contribution in [0.4, 0.5) is 5.82 Å². The number of aromatic nitrogens is 2. The molecule has 17 heavy (non-hydrogen) atoms. The Morgan fingerprint density at radius 2 is 2.29 bits per heavy atom. The second kappa shape index (κ2) is 5.65. The Bertz CT molecular complexity index is 357. The Hall–Kier alpha value is -0.870. The van der Waals surface area contributed by atoms with Gasteiger partial charge in [0.2, 0.25) is 0 Å². The Morgan fingerprint density at radius 1 is 1.47 bits per heavy atom. The SMILES string of the molecule is CC1CN(c2ccc(Cl)nn2)CCC1CCO. The van der Waals surface area contributed by atoms with E-state index < -0.39 is 0 Å². The number of rotatable bonds is 3. The molecule has 1 saturated heterocycles. The normalized spacial score (nSPS) is 25.0. The van der Waals surface area contributed by atoms with Crippen LogP contribution < -0.4 is 4.90 Å². The standard InChI is InChI=1S/C12H18ClN3O/c1-9-8-16(6-4-10(9)5-7-17)12-3-2-11(13)14-15-12/h2-3,9-10,17H,4-8H2,1H3. The van der Waals surface area contributed by atoms with Crippen LogP contribution in [0.15, 0.2) is 12.1 Å². The van der Waals surface area contributed by atoms with E-state index in [1.807, 2.05) is 6.07 Å². The van der Waals surface area contributed by atoms with Gasteiger partial charge in [0.15, 0.2) is 11.0 Å². The molecule has 2 rings (SSSR count). The van der Waals surface area contributed by atoms with Gasteiger partial charge in [-0.05, 0) is 36.8 Å². The topological polar surface area (TPSA) is 49.2 Å². The first-order valence-corrected chi connectivity index (χ1v) is 6.43. The lowest BCUT2D eigenvalue weighted by molar-refractivity contribution is 0.205. The summed E-state index contributed by atoms with van der Waals surface area (Å²) in [5.41, 5.74) is 0. The number of halogens is 1. The summed E-state index contributed by atoms with van der Waals surface area (Å²) in [5.74, 6) is 2.09. The Labute approximate surface area is 107 Å². The van der Waals surface area contributed by atoms with Gasteiger partial charge in [0.05, 0.1) is 0 Å². The largest absolute Gasteiger partial charge is 0.396 e. The van der Waals surface area contributed by atoms with E-state index in [1.54, 1.807) is 6.07 Å². The Balaban J connectivity index is 1.99. The summed E-state index contributed by atoms with van der Waals surface area (Å²) in [4.78, 5) is 2.24. The molecule has 1 aromatic rings. The fourth-order valence-electron chi connectivity index (χ4n) is 2.47. The molecule has 0 aliphatic carbocycles. The number of piperidine rings is 1. The molecule has 0 aromatic carbocycles. The van der Waals surface area contributed by atoms with E-state index in [2.05, 4.69) is 22.0 Å². The summed E-state index contributed by atoms with van der Waals surface area (Å²) in [5, 5.41) is 17.4. The third-order valence-electron chi connectivity index (χ3n) is 3.52. The van der Waals surface area contributed by atoms with Crippen molar-refractivity contribution in [2.75, 3.05) is 24.6 Å². The molecule has 2 heterocycles. The van der Waals surface area contributed by atoms with Gasteiger partial charge in [0, 0.05) is 19.7 Å². The highest BCUT2D eigenvalue weighted by molar-refractivity contribution is 6.29. The van der Waals surface area contributed by atoms with E-state index in [1.165, 1.54) is 0 Å². The predicted octanol–water partition coefficient (Wildman–Crippen LogP) is 1.97. The van der Waals surface area contributed by atoms with Gasteiger partial charge >= 0.3 is 0 Å². The van der Waals surface area contributed by atoms with E-state index in [0.29, 0.717) is 17.0 Å². The van der Waals surface area contributed by atoms with Gasteiger partial charge in [-0.25, -0.2) is 0 Å². The van der Waals surface area contributed by atoms with Crippen LogP contribution in [0.3, 0.4) is 0 Å². The molecule has 0 radical (unpaired) electrons. The van der Waals surface area contributed by atoms with E-state index in [9.17, 15) is 0 Å². The van der Waals surface area contributed by atoms with Crippen molar-refractivity contribution < 1.29 is 5.11 Å². The van der Waals surface area contributed by atoms with E-state index >= 15 is 0 Å². The zero-order chi connectivity index (χ0) is 12.3. The summed E-state index contributed by atoms with van der Waals surface area (Å²) < 4.78 is 0. The van der Waals surface area contributed by atoms with Crippen molar-refractivity contribution in [3.8, 4) is 0 Å². The molecular weight excluding hydrogens is 238 g/mol. The fraction of sp³-hybridized carbons (Fsp3) is 0.667. The first-order chi connectivity index (χ1) is 8.20. The maximum Gasteiger partial charge on any atom is 0.151 e. The second-order valence-corrected chi connectivity index (χ2v) is 5.09. The lowest BCUT2D eigenvalue weighted by Gasteiger charge is -2.37. The van der Waals surface area contributed by atoms with Crippen LogP contribution in [-0.2, 0) is 0 Å². The van der Waals surface area contributed by atoms with Crippen molar-refractivity contribution in [2.24, 2.45) is 11.8 Å². The highest BCUT2D eigenvalue weighted by atomic mass is 35.5. The molecule has 2 atom stereocenters. The number of anilines is 1. The van der Waals surface area contributed by atoms with Gasteiger partial charge in [0.25, 0.3) is 0 Å². The monoisotopic (exact) mass is 255 g/mol. The molecule has 0 bridgehead atoms. The summed E-state index contributed by atoms with van der Waals surface area (Å²) >= 11 is 5.72. The second-order valence-electron chi connectivity index (χ2n) is 4.70. The summed E-state index contributed by atoms with van der Waals surface area (Å²) in [7, 11) is 0. The van der Waals surface area contributed by atoms with Gasteiger partial charge in [-0.15, -0.1) is 10.2 Å². The number of hydrogen-bond acceptors (Lipinski definition) is 4. The van der Waals surface area contributed by atoms with Crippen LogP contribution in [0.1, 0.15) is 19.8 Å². The van der Waals surface area contributed by atoms with Crippen molar-refractivity contribution in [3.05, 3.63) is 17.3 Å². The molecule has 1 fully saturated rings. The van der Waals surface area contributed by atoms with Crippen LogP contribution in [0, 0.1) is 11.8 Å². The number of aliphatic hydroxyl groups excluding tert-OH is 1. The van der Waals surface area contributed by atoms with E-state index in [-0.39, 0.29) is 6.61 Å². The van der Waals surface area contributed by atoms with Gasteiger partial charge in [-0.2, -0.15) is 0 Å². The molecule has 0 saturated carbocycles. The van der Waals surface area contributed by atoms with Crippen molar-refractivity contribution in [3.63, 3.8) is 0 Å². The molecule has 1 aromatic heterocycles. The average molecular weight is 256 g/mol. The van der Waals surface area contributed by atoms with Gasteiger partial charge in [0.1, 0.15) is 0 Å². The van der Waals surface area contributed by atoms with Gasteiger partial charge < -0.3 is 10.0 Å². The zero-order valence-corrected chi connectivity index (χ0v) is 10.8. The minimum absolute atomic E-state index is 0.287. The molecule has 94 valence electrons. The van der Waals surface area contributed by atoms with E-state index in [4.69, 9.17) is 16.7 Å². The van der Waals surface area contributed by atoms with Gasteiger partial charge in [-0.3, -0.25) is 0 Å². The molecule has 0 amide bonds. The van der Waals surface area contributed by atoms with Crippen LogP contribution in [0.2, 0.25) is 5.15 Å². The molecule has 0 spiro atoms. The molecule has 2 unspecified atom stereocenters. The minimum atomic E-state index is 0.287. The molecule has 1 aliphatic rings. The number of hydrogen-bond donors (Lipinski definition) is 1. The first kappa shape index (κ1) is 12.6. The van der Waals surface area contributed by atoms with Crippen LogP contribution >= 0.6 is 11.6 Å². The van der Waals surface area contributed by atoms with Crippen LogP contribution in [0.5, 0.6) is 0 Å². The van der Waals surface area contributed by atoms with Crippen molar-refractivity contribution in [2.45, 2.75) is 19.8 Å². The van der Waals surface area contributed by atoms with Crippen LogP contribution in [0.25, 0.3) is 0 Å². The summed E-state index contributed by atoms with van der Waals surface area (Å²) in [6.45, 7) is 4.47. The smallest absolute Gasteiger partial charge is 0.151 e. The fourth-order valence-corrected chi connectivity index (χ4v) is 2.58. The third-order valence-corrected chi connectivity index (χ3v) is 3.73. The molecule has 1 N–H and O–H groups in total. The van der Waals surface area contributed by atoms with Gasteiger partial charge in [-0.1, -0.05) is 18.5 Å². The maximum atomic E-state index is 9.00.